The van der Waals surface area contributed by atoms with Crippen molar-refractivity contribution in [3.8, 4) is 5.75 Å². The summed E-state index contributed by atoms with van der Waals surface area (Å²) in [7, 11) is 3.07. The molecular formula is C32H48N6O7. The second-order valence-corrected chi connectivity index (χ2v) is 12.2. The summed E-state index contributed by atoms with van der Waals surface area (Å²) < 4.78 is 5.23. The molecule has 0 aliphatic carbocycles. The van der Waals surface area contributed by atoms with Crippen molar-refractivity contribution in [1.29, 1.82) is 0 Å². The lowest BCUT2D eigenvalue weighted by atomic mass is 10.00. The first-order valence-corrected chi connectivity index (χ1v) is 15.7. The topological polar surface area (TPSA) is 166 Å². The smallest absolute Gasteiger partial charge is 0.245 e. The van der Waals surface area contributed by atoms with E-state index in [2.05, 4.69) is 21.3 Å². The van der Waals surface area contributed by atoms with Crippen LogP contribution in [0.2, 0.25) is 0 Å². The third-order valence-corrected chi connectivity index (χ3v) is 8.22. The average molecular weight is 629 g/mol. The quantitative estimate of drug-likeness (QED) is 0.356. The fourth-order valence-corrected chi connectivity index (χ4v) is 5.46. The van der Waals surface area contributed by atoms with E-state index in [9.17, 15) is 28.8 Å². The zero-order valence-corrected chi connectivity index (χ0v) is 27.0. The number of rotatable bonds is 6. The maximum Gasteiger partial charge on any atom is 0.245 e. The molecule has 0 spiro atoms. The molecule has 248 valence electrons. The molecule has 6 amide bonds. The van der Waals surface area contributed by atoms with E-state index in [-0.39, 0.29) is 61.9 Å². The van der Waals surface area contributed by atoms with Gasteiger partial charge in [-0.3, -0.25) is 28.8 Å². The van der Waals surface area contributed by atoms with Gasteiger partial charge in [-0.1, -0.05) is 26.0 Å². The van der Waals surface area contributed by atoms with E-state index >= 15 is 0 Å². The molecule has 2 heterocycles. The Morgan fingerprint density at radius 1 is 0.911 bits per heavy atom. The molecule has 0 aromatic heterocycles. The highest BCUT2D eigenvalue weighted by atomic mass is 16.5. The summed E-state index contributed by atoms with van der Waals surface area (Å²) in [4.78, 5) is 81.3. The van der Waals surface area contributed by atoms with E-state index in [1.165, 1.54) is 11.9 Å². The number of benzene rings is 1. The zero-order chi connectivity index (χ0) is 33.1. The van der Waals surface area contributed by atoms with Crippen molar-refractivity contribution < 1.29 is 33.5 Å². The lowest BCUT2D eigenvalue weighted by Gasteiger charge is -2.31. The molecule has 2 aliphatic rings. The summed E-state index contributed by atoms with van der Waals surface area (Å²) in [6.45, 7) is 6.34. The van der Waals surface area contributed by atoms with Gasteiger partial charge in [-0.05, 0) is 56.2 Å². The number of carbonyl (C=O) groups is 6. The standard InChI is InChI=1S/C32H48N6O7/c1-20(2)18-25-30(42)36-26(19-22-9-11-23(45-5)12-10-22)31(43)37(4)21(3)29(41)33-15-7-17-38(16-6-8-27(39)35-25)32(44)24-13-14-28(40)34-24/h9-12,20-21,24-26H,6-8,13-19H2,1-5H3,(H,33,41)(H,34,40)(H,35,39)(H,36,42)/t21-,24-,25+,26-/m0/s1. The van der Waals surface area contributed by atoms with Gasteiger partial charge >= 0.3 is 0 Å². The van der Waals surface area contributed by atoms with Gasteiger partial charge in [0.15, 0.2) is 0 Å². The number of hydrogen-bond donors (Lipinski definition) is 4. The first-order valence-electron chi connectivity index (χ1n) is 15.7. The molecule has 4 N–H and O–H groups in total. The number of hydrogen-bond acceptors (Lipinski definition) is 7. The number of nitrogens with one attached hydrogen (secondary N) is 4. The van der Waals surface area contributed by atoms with Crippen molar-refractivity contribution in [3.05, 3.63) is 29.8 Å². The largest absolute Gasteiger partial charge is 0.497 e. The van der Waals surface area contributed by atoms with Crippen LogP contribution in [0.3, 0.4) is 0 Å². The lowest BCUT2D eigenvalue weighted by Crippen LogP contribution is -2.57. The van der Waals surface area contributed by atoms with E-state index < -0.39 is 36.0 Å². The van der Waals surface area contributed by atoms with Crippen LogP contribution in [0.15, 0.2) is 24.3 Å². The predicted octanol–water partition coefficient (Wildman–Crippen LogP) is 0.508. The summed E-state index contributed by atoms with van der Waals surface area (Å²) in [5.41, 5.74) is 0.780. The first kappa shape index (κ1) is 35.3. The summed E-state index contributed by atoms with van der Waals surface area (Å²) in [5, 5.41) is 11.2. The van der Waals surface area contributed by atoms with E-state index in [4.69, 9.17) is 4.74 Å². The highest BCUT2D eigenvalue weighted by Crippen LogP contribution is 2.16. The van der Waals surface area contributed by atoms with Crippen LogP contribution >= 0.6 is 0 Å². The number of likely N-dealkylation sites (N-methyl/N-ethyl adjacent to an activating group) is 1. The molecule has 1 aromatic carbocycles. The van der Waals surface area contributed by atoms with E-state index in [0.717, 1.165) is 5.56 Å². The third kappa shape index (κ3) is 10.5. The van der Waals surface area contributed by atoms with Crippen LogP contribution in [0, 0.1) is 5.92 Å². The molecule has 0 radical (unpaired) electrons. The molecule has 4 atom stereocenters. The van der Waals surface area contributed by atoms with Crippen molar-refractivity contribution in [2.75, 3.05) is 33.8 Å². The Morgan fingerprint density at radius 3 is 2.20 bits per heavy atom. The Hall–Kier alpha value is -4.16. The van der Waals surface area contributed by atoms with E-state index in [0.29, 0.717) is 38.0 Å². The van der Waals surface area contributed by atoms with Crippen molar-refractivity contribution in [2.24, 2.45) is 5.92 Å². The Labute approximate surface area is 265 Å². The first-order chi connectivity index (χ1) is 21.4. The van der Waals surface area contributed by atoms with Crippen molar-refractivity contribution in [3.63, 3.8) is 0 Å². The lowest BCUT2D eigenvalue weighted by molar-refractivity contribution is -0.141. The highest BCUT2D eigenvalue weighted by molar-refractivity contribution is 5.94. The minimum absolute atomic E-state index is 0.0655. The number of nitrogens with zero attached hydrogens (tertiary/aromatic N) is 2. The second-order valence-electron chi connectivity index (χ2n) is 12.2. The van der Waals surface area contributed by atoms with Crippen LogP contribution in [0.5, 0.6) is 5.75 Å². The van der Waals surface area contributed by atoms with Crippen LogP contribution in [0.25, 0.3) is 0 Å². The molecule has 0 bridgehead atoms. The van der Waals surface area contributed by atoms with Gasteiger partial charge in [0.25, 0.3) is 0 Å². The van der Waals surface area contributed by atoms with Crippen molar-refractivity contribution in [2.45, 2.75) is 89.9 Å². The SMILES string of the molecule is COc1ccc(C[C@@H]2NC(=O)[C@@H](CC(C)C)NC(=O)CCCN(C(=O)[C@@H]3CCC(=O)N3)CCCNC(=O)[C@H](C)N(C)C2=O)cc1. The van der Waals surface area contributed by atoms with E-state index in [1.54, 1.807) is 31.1 Å². The Balaban J connectivity index is 1.84. The molecular weight excluding hydrogens is 580 g/mol. The van der Waals surface area contributed by atoms with Crippen LogP contribution < -0.4 is 26.0 Å². The third-order valence-electron chi connectivity index (χ3n) is 8.22. The number of carbonyl (C=O) groups excluding carboxylic acids is 6. The number of ether oxygens (including phenoxy) is 1. The maximum atomic E-state index is 13.8. The number of amides is 6. The van der Waals surface area contributed by atoms with E-state index in [1.807, 2.05) is 26.0 Å². The molecule has 2 saturated heterocycles. The van der Waals surface area contributed by atoms with Gasteiger partial charge in [0, 0.05) is 45.9 Å². The normalized spacial score (nSPS) is 24.7. The molecule has 45 heavy (non-hydrogen) atoms. The van der Waals surface area contributed by atoms with Gasteiger partial charge in [-0.2, -0.15) is 0 Å². The number of methoxy groups -OCH3 is 1. The summed E-state index contributed by atoms with van der Waals surface area (Å²) >= 11 is 0. The zero-order valence-electron chi connectivity index (χ0n) is 27.0. The molecule has 0 saturated carbocycles. The van der Waals surface area contributed by atoms with Gasteiger partial charge in [0.05, 0.1) is 7.11 Å². The molecule has 2 aliphatic heterocycles. The fourth-order valence-electron chi connectivity index (χ4n) is 5.46. The fraction of sp³-hybridized carbons (Fsp3) is 0.625. The van der Waals surface area contributed by atoms with Crippen LogP contribution in [-0.2, 0) is 35.2 Å². The Bertz CT molecular complexity index is 1220. The summed E-state index contributed by atoms with van der Waals surface area (Å²) in [6.07, 6.45) is 2.08. The minimum atomic E-state index is -0.993. The Kier molecular flexibility index (Phi) is 13.2. The maximum absolute atomic E-state index is 13.8. The molecule has 1 aromatic rings. The molecule has 0 unspecified atom stereocenters. The van der Waals surface area contributed by atoms with Gasteiger partial charge in [-0.15, -0.1) is 0 Å². The van der Waals surface area contributed by atoms with Gasteiger partial charge < -0.3 is 35.8 Å². The monoisotopic (exact) mass is 628 g/mol. The summed E-state index contributed by atoms with van der Waals surface area (Å²) in [6, 6.07) is 3.81. The second kappa shape index (κ2) is 16.8. The van der Waals surface area contributed by atoms with Gasteiger partial charge in [-0.25, -0.2) is 0 Å². The highest BCUT2D eigenvalue weighted by Gasteiger charge is 2.33. The minimum Gasteiger partial charge on any atom is -0.497 e. The van der Waals surface area contributed by atoms with Crippen molar-refractivity contribution in [1.82, 2.24) is 31.1 Å². The van der Waals surface area contributed by atoms with Crippen LogP contribution in [0.1, 0.15) is 64.9 Å². The van der Waals surface area contributed by atoms with Crippen LogP contribution in [0.4, 0.5) is 0 Å². The average Bonchev–Trinajstić information content (AvgIpc) is 3.45. The Morgan fingerprint density at radius 2 is 1.58 bits per heavy atom. The predicted molar refractivity (Wildman–Crippen MR) is 167 cm³/mol. The van der Waals surface area contributed by atoms with Gasteiger partial charge in [0.2, 0.25) is 35.4 Å². The molecule has 2 fully saturated rings. The molecule has 3 rings (SSSR count). The van der Waals surface area contributed by atoms with Crippen molar-refractivity contribution >= 4 is 35.4 Å². The van der Waals surface area contributed by atoms with Crippen LogP contribution in [-0.4, -0.2) is 103 Å². The van der Waals surface area contributed by atoms with Gasteiger partial charge in [0.1, 0.15) is 29.9 Å². The molecule has 13 heteroatoms. The molecule has 13 nitrogen and oxygen atoms in total. The summed E-state index contributed by atoms with van der Waals surface area (Å²) in [5.74, 6) is -1.33.